The van der Waals surface area contributed by atoms with Gasteiger partial charge in [0.2, 0.25) is 5.91 Å². The maximum Gasteiger partial charge on any atom is 0.249 e. The summed E-state index contributed by atoms with van der Waals surface area (Å²) in [5.41, 5.74) is -0.796. The first-order valence-corrected chi connectivity index (χ1v) is 6.23. The van der Waals surface area contributed by atoms with Crippen molar-refractivity contribution in [2.45, 2.75) is 53.1 Å². The van der Waals surface area contributed by atoms with Crippen molar-refractivity contribution in [3.05, 3.63) is 5.92 Å². The van der Waals surface area contributed by atoms with Gasteiger partial charge in [-0.25, -0.2) is 0 Å². The molecule has 101 valence electrons. The zero-order chi connectivity index (χ0) is 13.5. The van der Waals surface area contributed by atoms with E-state index >= 15 is 0 Å². The largest absolute Gasteiger partial charge is 0.396 e. The molecule has 0 aliphatic rings. The maximum atomic E-state index is 11.6. The molecule has 0 bridgehead atoms. The molecule has 0 rings (SSSR count). The lowest BCUT2D eigenvalue weighted by Crippen LogP contribution is -2.45. The summed E-state index contributed by atoms with van der Waals surface area (Å²) < 4.78 is 0. The van der Waals surface area contributed by atoms with Crippen LogP contribution in [0.4, 0.5) is 0 Å². The number of nitrogens with one attached hydrogen (secondary N) is 1. The zero-order valence-electron chi connectivity index (χ0n) is 11.4. The Morgan fingerprint density at radius 1 is 1.41 bits per heavy atom. The fourth-order valence-electron chi connectivity index (χ4n) is 1.32. The molecule has 0 saturated heterocycles. The summed E-state index contributed by atoms with van der Waals surface area (Å²) in [6.07, 6.45) is 1.78. The molecule has 0 aromatic rings. The highest BCUT2D eigenvalue weighted by molar-refractivity contribution is 5.81. The molecule has 1 amide bonds. The monoisotopic (exact) mass is 244 g/mol. The molecule has 0 aromatic heterocycles. The van der Waals surface area contributed by atoms with Gasteiger partial charge >= 0.3 is 0 Å². The molecule has 0 aromatic carbocycles. The van der Waals surface area contributed by atoms with Crippen LogP contribution in [0.2, 0.25) is 0 Å². The number of amides is 1. The highest BCUT2D eigenvalue weighted by Gasteiger charge is 2.32. The predicted molar refractivity (Wildman–Crippen MR) is 68.3 cm³/mol. The van der Waals surface area contributed by atoms with Gasteiger partial charge in [0.1, 0.15) is 6.10 Å². The van der Waals surface area contributed by atoms with E-state index in [0.29, 0.717) is 6.54 Å². The van der Waals surface area contributed by atoms with Gasteiger partial charge < -0.3 is 15.5 Å². The van der Waals surface area contributed by atoms with Crippen LogP contribution in [0.25, 0.3) is 0 Å². The quantitative estimate of drug-likeness (QED) is 0.563. The highest BCUT2D eigenvalue weighted by Crippen LogP contribution is 2.19. The summed E-state index contributed by atoms with van der Waals surface area (Å²) in [7, 11) is 0. The van der Waals surface area contributed by atoms with E-state index in [1.807, 2.05) is 0 Å². The van der Waals surface area contributed by atoms with Gasteiger partial charge in [-0.15, -0.1) is 0 Å². The normalized spacial score (nSPS) is 13.8. The molecule has 17 heavy (non-hydrogen) atoms. The Morgan fingerprint density at radius 2 is 2.00 bits per heavy atom. The van der Waals surface area contributed by atoms with Gasteiger partial charge in [-0.3, -0.25) is 4.79 Å². The first kappa shape index (κ1) is 16.4. The number of hydrogen-bond donors (Lipinski definition) is 3. The molecule has 0 fully saturated rings. The van der Waals surface area contributed by atoms with E-state index < -0.39 is 17.4 Å². The summed E-state index contributed by atoms with van der Waals surface area (Å²) in [6.45, 7) is 7.88. The number of hydrogen-bond acceptors (Lipinski definition) is 3. The lowest BCUT2D eigenvalue weighted by Gasteiger charge is -2.27. The lowest BCUT2D eigenvalue weighted by molar-refractivity contribution is -0.137. The van der Waals surface area contributed by atoms with Gasteiger partial charge in [-0.1, -0.05) is 34.1 Å². The second-order valence-corrected chi connectivity index (χ2v) is 5.25. The average molecular weight is 244 g/mol. The van der Waals surface area contributed by atoms with E-state index in [4.69, 9.17) is 5.11 Å². The van der Waals surface area contributed by atoms with Crippen molar-refractivity contribution >= 4 is 5.91 Å². The van der Waals surface area contributed by atoms with Crippen LogP contribution in [0.15, 0.2) is 0 Å². The molecule has 4 nitrogen and oxygen atoms in total. The average Bonchev–Trinajstić information content (AvgIpc) is 2.32. The summed E-state index contributed by atoms with van der Waals surface area (Å²) in [4.78, 5) is 11.6. The van der Waals surface area contributed by atoms with Gasteiger partial charge in [0.25, 0.3) is 0 Å². The third-order valence-electron chi connectivity index (χ3n) is 3.08. The molecule has 1 atom stereocenters. The molecule has 0 heterocycles. The van der Waals surface area contributed by atoms with Crippen LogP contribution >= 0.6 is 0 Å². The minimum atomic E-state index is -1.16. The van der Waals surface area contributed by atoms with Crippen LogP contribution in [0.5, 0.6) is 0 Å². The number of carbonyl (C=O) groups excluding carboxylic acids is 1. The summed E-state index contributed by atoms with van der Waals surface area (Å²) in [6, 6.07) is 0. The molecule has 1 radical (unpaired) electrons. The minimum absolute atomic E-state index is 0.218. The molecule has 0 aliphatic heterocycles. The van der Waals surface area contributed by atoms with E-state index in [-0.39, 0.29) is 6.61 Å². The van der Waals surface area contributed by atoms with Crippen molar-refractivity contribution in [3.63, 3.8) is 0 Å². The van der Waals surface area contributed by atoms with E-state index in [1.54, 1.807) is 13.8 Å². The van der Waals surface area contributed by atoms with Crippen LogP contribution in [-0.4, -0.2) is 35.4 Å². The Morgan fingerprint density at radius 3 is 2.47 bits per heavy atom. The van der Waals surface area contributed by atoms with E-state index in [1.165, 1.54) is 5.92 Å². The second kappa shape index (κ2) is 7.67. The van der Waals surface area contributed by atoms with E-state index in [2.05, 4.69) is 19.2 Å². The van der Waals surface area contributed by atoms with Crippen molar-refractivity contribution in [3.8, 4) is 0 Å². The van der Waals surface area contributed by atoms with Gasteiger partial charge in [0, 0.05) is 12.0 Å². The molecular weight excluding hydrogens is 218 g/mol. The number of aliphatic hydroxyl groups is 2. The lowest BCUT2D eigenvalue weighted by atomic mass is 9.87. The van der Waals surface area contributed by atoms with Crippen LogP contribution in [0.3, 0.4) is 0 Å². The van der Waals surface area contributed by atoms with Crippen molar-refractivity contribution < 1.29 is 15.0 Å². The fraction of sp³-hybridized carbons (Fsp3) is 0.846. The fourth-order valence-corrected chi connectivity index (χ4v) is 1.32. The molecule has 4 heteroatoms. The van der Waals surface area contributed by atoms with Crippen molar-refractivity contribution in [2.75, 3.05) is 13.2 Å². The van der Waals surface area contributed by atoms with Crippen LogP contribution < -0.4 is 5.32 Å². The third kappa shape index (κ3) is 6.03. The number of aliphatic hydroxyl groups excluding tert-OH is 2. The SMILES string of the molecule is CC[C](C)CCCNC(=O)C(O)C(C)(C)CO. The van der Waals surface area contributed by atoms with Crippen molar-refractivity contribution in [1.82, 2.24) is 5.32 Å². The van der Waals surface area contributed by atoms with Crippen LogP contribution in [0, 0.1) is 11.3 Å². The van der Waals surface area contributed by atoms with Gasteiger partial charge in [-0.05, 0) is 18.8 Å². The van der Waals surface area contributed by atoms with E-state index in [9.17, 15) is 9.90 Å². The molecule has 0 aliphatic carbocycles. The molecule has 0 saturated carbocycles. The smallest absolute Gasteiger partial charge is 0.249 e. The number of rotatable bonds is 8. The van der Waals surface area contributed by atoms with Crippen molar-refractivity contribution in [2.24, 2.45) is 5.41 Å². The standard InChI is InChI=1S/C13H26NO3/c1-5-10(2)7-6-8-14-12(17)11(16)13(3,4)9-15/h11,15-16H,5-9H2,1-4H3,(H,14,17). The molecular formula is C13H26NO3. The van der Waals surface area contributed by atoms with Gasteiger partial charge in [0.15, 0.2) is 0 Å². The first-order valence-electron chi connectivity index (χ1n) is 6.23. The topological polar surface area (TPSA) is 69.6 Å². The summed E-state index contributed by atoms with van der Waals surface area (Å²) >= 11 is 0. The highest BCUT2D eigenvalue weighted by atomic mass is 16.3. The predicted octanol–water partition coefficient (Wildman–Crippen LogP) is 1.27. The second-order valence-electron chi connectivity index (χ2n) is 5.25. The van der Waals surface area contributed by atoms with Gasteiger partial charge in [0.05, 0.1) is 6.61 Å². The Bertz CT molecular complexity index is 229. The summed E-state index contributed by atoms with van der Waals surface area (Å²) in [5, 5.41) is 21.5. The first-order chi connectivity index (χ1) is 7.85. The molecule has 1 unspecified atom stereocenters. The molecule has 0 spiro atoms. The van der Waals surface area contributed by atoms with Crippen LogP contribution in [-0.2, 0) is 4.79 Å². The third-order valence-corrected chi connectivity index (χ3v) is 3.08. The number of carbonyl (C=O) groups is 1. The molecule has 3 N–H and O–H groups in total. The van der Waals surface area contributed by atoms with E-state index in [0.717, 1.165) is 19.3 Å². The Labute approximate surface area is 104 Å². The van der Waals surface area contributed by atoms with Crippen molar-refractivity contribution in [1.29, 1.82) is 0 Å². The maximum absolute atomic E-state index is 11.6. The Kier molecular flexibility index (Phi) is 7.39. The minimum Gasteiger partial charge on any atom is -0.396 e. The van der Waals surface area contributed by atoms with Gasteiger partial charge in [-0.2, -0.15) is 0 Å². The Hall–Kier alpha value is -0.610. The summed E-state index contributed by atoms with van der Waals surface area (Å²) in [5.74, 6) is 1.01. The van der Waals surface area contributed by atoms with Crippen LogP contribution in [0.1, 0.15) is 47.0 Å². The Balaban J connectivity index is 3.87. The zero-order valence-corrected chi connectivity index (χ0v) is 11.4.